The van der Waals surface area contributed by atoms with Crippen LogP contribution in [-0.4, -0.2) is 27.0 Å². The highest BCUT2D eigenvalue weighted by Crippen LogP contribution is 2.31. The van der Waals surface area contributed by atoms with Crippen molar-refractivity contribution in [2.75, 3.05) is 16.8 Å². The normalized spacial score (nSPS) is 14.2. The van der Waals surface area contributed by atoms with Crippen LogP contribution < -0.4 is 10.9 Å². The van der Waals surface area contributed by atoms with Crippen LogP contribution in [0.4, 0.5) is 5.69 Å². The molecule has 0 unspecified atom stereocenters. The first kappa shape index (κ1) is 22.4. The number of benzene rings is 2. The third-order valence-corrected chi connectivity index (χ3v) is 7.39. The van der Waals surface area contributed by atoms with Gasteiger partial charge < -0.3 is 5.32 Å². The summed E-state index contributed by atoms with van der Waals surface area (Å²) in [6.45, 7) is 0. The Hall–Kier alpha value is -2.76. The van der Waals surface area contributed by atoms with Crippen molar-refractivity contribution in [3.8, 4) is 6.07 Å². The van der Waals surface area contributed by atoms with Crippen molar-refractivity contribution < 1.29 is 4.79 Å². The highest BCUT2D eigenvalue weighted by atomic mass is 32.2. The number of aromatic nitrogens is 2. The number of hydrogen-bond donors (Lipinski definition) is 1. The second-order valence-corrected chi connectivity index (χ2v) is 9.62. The quantitative estimate of drug-likeness (QED) is 0.380. The number of nitriles is 1. The number of thioether (sulfide) groups is 2. The van der Waals surface area contributed by atoms with Gasteiger partial charge in [-0.1, -0.05) is 55.3 Å². The van der Waals surface area contributed by atoms with E-state index in [4.69, 9.17) is 10.2 Å². The minimum atomic E-state index is -0.169. The molecule has 32 heavy (non-hydrogen) atoms. The predicted octanol–water partition coefficient (Wildman–Crippen LogP) is 5.25. The molecule has 0 aliphatic heterocycles. The summed E-state index contributed by atoms with van der Waals surface area (Å²) in [6, 6.07) is 17.1. The Bertz CT molecular complexity index is 1210. The lowest BCUT2D eigenvalue weighted by molar-refractivity contribution is -0.113. The Morgan fingerprint density at radius 3 is 2.66 bits per heavy atom. The van der Waals surface area contributed by atoms with Crippen molar-refractivity contribution in [1.29, 1.82) is 5.26 Å². The van der Waals surface area contributed by atoms with Gasteiger partial charge in [-0.3, -0.25) is 14.2 Å². The van der Waals surface area contributed by atoms with Crippen LogP contribution in [0.3, 0.4) is 0 Å². The van der Waals surface area contributed by atoms with E-state index >= 15 is 0 Å². The lowest BCUT2D eigenvalue weighted by atomic mass is 9.95. The van der Waals surface area contributed by atoms with Crippen molar-refractivity contribution in [2.24, 2.45) is 0 Å². The Labute approximate surface area is 195 Å². The third-order valence-electron chi connectivity index (χ3n) is 5.50. The highest BCUT2D eigenvalue weighted by Gasteiger charge is 2.22. The molecule has 3 aromatic rings. The average molecular weight is 465 g/mol. The zero-order valence-corrected chi connectivity index (χ0v) is 19.3. The highest BCUT2D eigenvalue weighted by molar-refractivity contribution is 8.00. The van der Waals surface area contributed by atoms with Gasteiger partial charge in [-0.25, -0.2) is 4.98 Å². The second kappa shape index (κ2) is 10.7. The van der Waals surface area contributed by atoms with E-state index in [1.807, 2.05) is 53.1 Å². The fourth-order valence-corrected chi connectivity index (χ4v) is 5.55. The maximum Gasteiger partial charge on any atom is 0.262 e. The monoisotopic (exact) mass is 464 g/mol. The summed E-state index contributed by atoms with van der Waals surface area (Å²) in [6.07, 6.45) is 5.32. The summed E-state index contributed by atoms with van der Waals surface area (Å²) in [5.74, 6) is 0.294. The van der Waals surface area contributed by atoms with Crippen LogP contribution in [0, 0.1) is 11.3 Å². The first-order chi connectivity index (χ1) is 15.7. The van der Waals surface area contributed by atoms with Gasteiger partial charge in [0.1, 0.15) is 0 Å². The van der Waals surface area contributed by atoms with Gasteiger partial charge in [0.25, 0.3) is 5.56 Å². The Morgan fingerprint density at radius 2 is 1.84 bits per heavy atom. The van der Waals surface area contributed by atoms with Gasteiger partial charge in [0, 0.05) is 10.9 Å². The van der Waals surface area contributed by atoms with Crippen LogP contribution >= 0.6 is 23.5 Å². The molecule has 1 aliphatic rings. The lowest BCUT2D eigenvalue weighted by Gasteiger charge is -2.26. The molecule has 2 aromatic carbocycles. The first-order valence-electron chi connectivity index (χ1n) is 10.7. The Morgan fingerprint density at radius 1 is 1.09 bits per heavy atom. The molecule has 1 aliphatic carbocycles. The van der Waals surface area contributed by atoms with E-state index in [1.165, 1.54) is 29.9 Å². The molecule has 4 rings (SSSR count). The number of nitrogens with zero attached hydrogens (tertiary/aromatic N) is 3. The molecule has 0 bridgehead atoms. The molecule has 8 heteroatoms. The van der Waals surface area contributed by atoms with Crippen LogP contribution in [0.1, 0.15) is 38.1 Å². The van der Waals surface area contributed by atoms with E-state index in [0.29, 0.717) is 27.5 Å². The molecule has 1 heterocycles. The van der Waals surface area contributed by atoms with Crippen molar-refractivity contribution in [3.63, 3.8) is 0 Å². The maximum absolute atomic E-state index is 13.3. The topological polar surface area (TPSA) is 87.8 Å². The Kier molecular flexibility index (Phi) is 7.51. The van der Waals surface area contributed by atoms with Crippen molar-refractivity contribution in [2.45, 2.75) is 48.2 Å². The molecule has 1 N–H and O–H groups in total. The summed E-state index contributed by atoms with van der Waals surface area (Å²) < 4.78 is 1.82. The van der Waals surface area contributed by atoms with Gasteiger partial charge >= 0.3 is 0 Å². The maximum atomic E-state index is 13.3. The van der Waals surface area contributed by atoms with Crippen molar-refractivity contribution in [3.05, 3.63) is 58.9 Å². The van der Waals surface area contributed by atoms with Crippen molar-refractivity contribution in [1.82, 2.24) is 9.55 Å². The van der Waals surface area contributed by atoms with E-state index in [9.17, 15) is 9.59 Å². The van der Waals surface area contributed by atoms with Gasteiger partial charge in [-0.2, -0.15) is 5.26 Å². The summed E-state index contributed by atoms with van der Waals surface area (Å²) in [4.78, 5) is 31.6. The van der Waals surface area contributed by atoms with E-state index < -0.39 is 0 Å². The molecule has 6 nitrogen and oxygen atoms in total. The molecule has 0 saturated heterocycles. The van der Waals surface area contributed by atoms with Crippen LogP contribution in [0.5, 0.6) is 0 Å². The fraction of sp³-hybridized carbons (Fsp3) is 0.333. The van der Waals surface area contributed by atoms with Crippen LogP contribution in [0.15, 0.2) is 63.4 Å². The molecule has 1 amide bonds. The molecule has 1 fully saturated rings. The molecule has 0 atom stereocenters. The number of hydrogen-bond acceptors (Lipinski definition) is 6. The molecule has 164 valence electrons. The molecule has 0 spiro atoms. The largest absolute Gasteiger partial charge is 0.324 e. The lowest BCUT2D eigenvalue weighted by Crippen LogP contribution is -2.29. The predicted molar refractivity (Wildman–Crippen MR) is 130 cm³/mol. The standard InChI is InChI=1S/C24H24N4O2S2/c25-14-15-31-21-13-7-6-12-20(21)26-22(29)16-32-24-27-19-11-5-4-10-18(19)23(30)28(24)17-8-2-1-3-9-17/h4-7,10-13,17H,1-3,8-9,15-16H2,(H,26,29). The van der Waals surface area contributed by atoms with Gasteiger partial charge in [0.05, 0.1) is 34.2 Å². The fourth-order valence-electron chi connectivity index (χ4n) is 4.01. The molecule has 1 aromatic heterocycles. The number of nitrogens with one attached hydrogen (secondary N) is 1. The van der Waals surface area contributed by atoms with Gasteiger partial charge in [-0.15, -0.1) is 11.8 Å². The summed E-state index contributed by atoms with van der Waals surface area (Å²) in [5.41, 5.74) is 1.32. The third kappa shape index (κ3) is 5.17. The van der Waals surface area contributed by atoms with Crippen LogP contribution in [-0.2, 0) is 4.79 Å². The zero-order valence-electron chi connectivity index (χ0n) is 17.6. The second-order valence-electron chi connectivity index (χ2n) is 7.66. The molecular formula is C24H24N4O2S2. The number of amides is 1. The summed E-state index contributed by atoms with van der Waals surface area (Å²) in [7, 11) is 0. The van der Waals surface area contributed by atoms with Gasteiger partial charge in [-0.05, 0) is 37.1 Å². The first-order valence-corrected chi connectivity index (χ1v) is 12.7. The molecule has 1 saturated carbocycles. The van der Waals surface area contributed by atoms with Gasteiger partial charge in [0.2, 0.25) is 5.91 Å². The SMILES string of the molecule is N#CCSc1ccccc1NC(=O)CSc1nc2ccccc2c(=O)n1C1CCCCC1. The summed E-state index contributed by atoms with van der Waals surface area (Å²) in [5, 5.41) is 13.0. The number of rotatable bonds is 7. The summed E-state index contributed by atoms with van der Waals surface area (Å²) >= 11 is 2.69. The number of carbonyl (C=O) groups is 1. The van der Waals surface area contributed by atoms with Gasteiger partial charge in [0.15, 0.2) is 5.16 Å². The van der Waals surface area contributed by atoms with Crippen molar-refractivity contribution >= 4 is 46.0 Å². The zero-order chi connectivity index (χ0) is 22.3. The number of para-hydroxylation sites is 2. The van der Waals surface area contributed by atoms with E-state index in [0.717, 1.165) is 30.6 Å². The average Bonchev–Trinajstić information content (AvgIpc) is 2.83. The molecular weight excluding hydrogens is 440 g/mol. The van der Waals surface area contributed by atoms with E-state index in [2.05, 4.69) is 11.4 Å². The minimum Gasteiger partial charge on any atom is -0.324 e. The van der Waals surface area contributed by atoms with Crippen LogP contribution in [0.25, 0.3) is 10.9 Å². The Balaban J connectivity index is 1.56. The number of carbonyl (C=O) groups excluding carboxylic acids is 1. The number of fused-ring (bicyclic) bond motifs is 1. The van der Waals surface area contributed by atoms with Crippen LogP contribution in [0.2, 0.25) is 0 Å². The smallest absolute Gasteiger partial charge is 0.262 e. The van der Waals surface area contributed by atoms with E-state index in [-0.39, 0.29) is 23.3 Å². The van der Waals surface area contributed by atoms with E-state index in [1.54, 1.807) is 0 Å². The molecule has 0 radical (unpaired) electrons. The number of anilines is 1. The minimum absolute atomic E-state index is 0.0244.